The Morgan fingerprint density at radius 1 is 1.17 bits per heavy atom. The highest BCUT2D eigenvalue weighted by molar-refractivity contribution is 7.99. The highest BCUT2D eigenvalue weighted by atomic mass is 32.2. The molecule has 2 aromatic carbocycles. The second-order valence-corrected chi connectivity index (χ2v) is 6.31. The van der Waals surface area contributed by atoms with E-state index in [0.29, 0.717) is 6.42 Å². The lowest BCUT2D eigenvalue weighted by Crippen LogP contribution is -2.37. The zero-order valence-electron chi connectivity index (χ0n) is 13.0. The maximum Gasteiger partial charge on any atom is 0.241 e. The van der Waals surface area contributed by atoms with E-state index in [4.69, 9.17) is 5.73 Å². The van der Waals surface area contributed by atoms with Crippen molar-refractivity contribution in [2.24, 2.45) is 5.73 Å². The highest BCUT2D eigenvalue weighted by Crippen LogP contribution is 2.31. The van der Waals surface area contributed by atoms with Crippen molar-refractivity contribution >= 4 is 23.4 Å². The fraction of sp³-hybridized carbons (Fsp3) is 0.111. The van der Waals surface area contributed by atoms with E-state index in [-0.39, 0.29) is 5.91 Å². The average molecular weight is 338 g/mol. The number of nitrogens with two attached hydrogens (primary N) is 1. The van der Waals surface area contributed by atoms with Gasteiger partial charge in [0.05, 0.1) is 11.7 Å². The molecule has 1 amide bonds. The molecule has 0 saturated carbocycles. The van der Waals surface area contributed by atoms with Gasteiger partial charge in [0.25, 0.3) is 0 Å². The van der Waals surface area contributed by atoms with Gasteiger partial charge in [0.15, 0.2) is 5.16 Å². The molecular formula is C18H18N4OS. The molecular weight excluding hydrogens is 320 g/mol. The number of aromatic nitrogens is 2. The summed E-state index contributed by atoms with van der Waals surface area (Å²) in [5, 5.41) is 3.69. The van der Waals surface area contributed by atoms with Crippen molar-refractivity contribution in [1.82, 2.24) is 9.97 Å². The minimum absolute atomic E-state index is 0.202. The molecule has 6 heteroatoms. The summed E-state index contributed by atoms with van der Waals surface area (Å²) < 4.78 is 0. The van der Waals surface area contributed by atoms with Crippen molar-refractivity contribution < 1.29 is 4.79 Å². The smallest absolute Gasteiger partial charge is 0.241 e. The number of para-hydroxylation sites is 1. The number of carbonyl (C=O) groups is 1. The van der Waals surface area contributed by atoms with Crippen LogP contribution in [0.4, 0.5) is 5.69 Å². The topological polar surface area (TPSA) is 83.8 Å². The molecule has 3 rings (SSSR count). The van der Waals surface area contributed by atoms with E-state index in [2.05, 4.69) is 15.3 Å². The first kappa shape index (κ1) is 16.3. The fourth-order valence-corrected chi connectivity index (χ4v) is 3.08. The molecule has 3 aromatic rings. The van der Waals surface area contributed by atoms with Gasteiger partial charge in [0.2, 0.25) is 5.91 Å². The largest absolute Gasteiger partial charge is 0.339 e. The van der Waals surface area contributed by atoms with Gasteiger partial charge in [-0.25, -0.2) is 4.98 Å². The number of imidazole rings is 1. The Morgan fingerprint density at radius 2 is 1.92 bits per heavy atom. The van der Waals surface area contributed by atoms with E-state index in [0.717, 1.165) is 21.3 Å². The van der Waals surface area contributed by atoms with Crippen LogP contribution in [0.5, 0.6) is 0 Å². The number of benzene rings is 2. The summed E-state index contributed by atoms with van der Waals surface area (Å²) in [5.41, 5.74) is 7.82. The van der Waals surface area contributed by atoms with Crippen molar-refractivity contribution in [3.05, 3.63) is 72.6 Å². The second kappa shape index (κ2) is 7.81. The molecule has 0 bridgehead atoms. The van der Waals surface area contributed by atoms with Crippen molar-refractivity contribution in [2.45, 2.75) is 22.5 Å². The Hall–Kier alpha value is -2.57. The molecule has 0 aliphatic rings. The molecule has 0 spiro atoms. The number of H-pyrrole nitrogens is 1. The number of carbonyl (C=O) groups excluding carboxylic acids is 1. The molecule has 0 radical (unpaired) electrons. The molecule has 4 N–H and O–H groups in total. The third kappa shape index (κ3) is 4.24. The minimum Gasteiger partial charge on any atom is -0.339 e. The fourth-order valence-electron chi connectivity index (χ4n) is 2.26. The second-order valence-electron chi connectivity index (χ2n) is 5.28. The first-order chi connectivity index (χ1) is 11.7. The van der Waals surface area contributed by atoms with Crippen LogP contribution >= 0.6 is 11.8 Å². The average Bonchev–Trinajstić information content (AvgIpc) is 3.10. The number of amides is 1. The zero-order valence-corrected chi connectivity index (χ0v) is 13.8. The van der Waals surface area contributed by atoms with E-state index in [1.54, 1.807) is 12.4 Å². The van der Waals surface area contributed by atoms with Crippen LogP contribution in [0.2, 0.25) is 0 Å². The van der Waals surface area contributed by atoms with Gasteiger partial charge in [0, 0.05) is 17.3 Å². The summed E-state index contributed by atoms with van der Waals surface area (Å²) in [5.74, 6) is -0.202. The Kier molecular flexibility index (Phi) is 5.30. The van der Waals surface area contributed by atoms with Crippen LogP contribution in [0.25, 0.3) is 0 Å². The van der Waals surface area contributed by atoms with E-state index < -0.39 is 6.04 Å². The van der Waals surface area contributed by atoms with Crippen LogP contribution in [-0.2, 0) is 11.2 Å². The number of rotatable bonds is 6. The summed E-state index contributed by atoms with van der Waals surface area (Å²) in [6.07, 6.45) is 3.96. The van der Waals surface area contributed by atoms with Crippen molar-refractivity contribution in [3.63, 3.8) is 0 Å². The lowest BCUT2D eigenvalue weighted by atomic mass is 10.1. The number of anilines is 1. The number of nitrogens with zero attached hydrogens (tertiary/aromatic N) is 1. The van der Waals surface area contributed by atoms with E-state index >= 15 is 0 Å². The number of nitrogens with one attached hydrogen (secondary N) is 2. The molecule has 0 aliphatic carbocycles. The van der Waals surface area contributed by atoms with Crippen LogP contribution in [0.1, 0.15) is 5.56 Å². The third-order valence-corrected chi connectivity index (χ3v) is 4.45. The number of hydrogen-bond donors (Lipinski definition) is 3. The summed E-state index contributed by atoms with van der Waals surface area (Å²) in [4.78, 5) is 20.5. The normalized spacial score (nSPS) is 11.9. The summed E-state index contributed by atoms with van der Waals surface area (Å²) in [6, 6.07) is 16.7. The third-order valence-electron chi connectivity index (χ3n) is 3.46. The Balaban J connectivity index is 1.68. The Bertz CT molecular complexity index is 790. The molecule has 1 heterocycles. The predicted octanol–water partition coefficient (Wildman–Crippen LogP) is 3.07. The molecule has 1 atom stereocenters. The Labute approximate surface area is 144 Å². The Morgan fingerprint density at radius 3 is 2.67 bits per heavy atom. The first-order valence-corrected chi connectivity index (χ1v) is 8.40. The maximum absolute atomic E-state index is 12.4. The molecule has 0 saturated heterocycles. The first-order valence-electron chi connectivity index (χ1n) is 7.59. The van der Waals surface area contributed by atoms with Crippen molar-refractivity contribution in [2.75, 3.05) is 5.32 Å². The van der Waals surface area contributed by atoms with E-state index in [9.17, 15) is 4.79 Å². The van der Waals surface area contributed by atoms with Crippen LogP contribution in [0, 0.1) is 0 Å². The molecule has 0 fully saturated rings. The van der Waals surface area contributed by atoms with Gasteiger partial charge in [-0.1, -0.05) is 42.5 Å². The van der Waals surface area contributed by atoms with Crippen molar-refractivity contribution in [1.29, 1.82) is 0 Å². The van der Waals surface area contributed by atoms with Gasteiger partial charge in [-0.05, 0) is 35.9 Å². The highest BCUT2D eigenvalue weighted by Gasteiger charge is 2.16. The zero-order chi connectivity index (χ0) is 16.8. The molecule has 0 aliphatic heterocycles. The lowest BCUT2D eigenvalue weighted by Gasteiger charge is -2.14. The van der Waals surface area contributed by atoms with Gasteiger partial charge in [0.1, 0.15) is 0 Å². The SMILES string of the molecule is N[C@@H](Cc1ccccc1)C(=O)Nc1ccccc1Sc1ncc[nH]1. The number of hydrogen-bond acceptors (Lipinski definition) is 4. The maximum atomic E-state index is 12.4. The summed E-state index contributed by atoms with van der Waals surface area (Å²) in [7, 11) is 0. The van der Waals surface area contributed by atoms with Gasteiger partial charge in [-0.15, -0.1) is 0 Å². The summed E-state index contributed by atoms with van der Waals surface area (Å²) >= 11 is 1.46. The van der Waals surface area contributed by atoms with Gasteiger partial charge in [-0.2, -0.15) is 0 Å². The minimum atomic E-state index is -0.603. The van der Waals surface area contributed by atoms with E-state index in [1.807, 2.05) is 54.6 Å². The molecule has 0 unspecified atom stereocenters. The molecule has 5 nitrogen and oxygen atoms in total. The van der Waals surface area contributed by atoms with Crippen molar-refractivity contribution in [3.8, 4) is 0 Å². The van der Waals surface area contributed by atoms with Crippen LogP contribution in [0.3, 0.4) is 0 Å². The van der Waals surface area contributed by atoms with Crippen LogP contribution in [-0.4, -0.2) is 21.9 Å². The van der Waals surface area contributed by atoms with Gasteiger partial charge < -0.3 is 16.0 Å². The van der Waals surface area contributed by atoms with Gasteiger partial charge >= 0.3 is 0 Å². The van der Waals surface area contributed by atoms with Gasteiger partial charge in [-0.3, -0.25) is 4.79 Å². The van der Waals surface area contributed by atoms with Crippen LogP contribution < -0.4 is 11.1 Å². The molecule has 24 heavy (non-hydrogen) atoms. The van der Waals surface area contributed by atoms with Crippen LogP contribution in [0.15, 0.2) is 77.0 Å². The summed E-state index contributed by atoms with van der Waals surface area (Å²) in [6.45, 7) is 0. The lowest BCUT2D eigenvalue weighted by molar-refractivity contribution is -0.117. The molecule has 122 valence electrons. The van der Waals surface area contributed by atoms with E-state index in [1.165, 1.54) is 11.8 Å². The molecule has 1 aromatic heterocycles. The quantitative estimate of drug-likeness (QED) is 0.645. The number of aromatic amines is 1. The standard InChI is InChI=1S/C18H18N4OS/c19-14(12-13-6-2-1-3-7-13)17(23)22-15-8-4-5-9-16(15)24-18-20-10-11-21-18/h1-11,14H,12,19H2,(H,20,21)(H,22,23)/t14-/m0/s1. The monoisotopic (exact) mass is 338 g/mol. The predicted molar refractivity (Wildman–Crippen MR) is 95.9 cm³/mol.